The lowest BCUT2D eigenvalue weighted by molar-refractivity contribution is 0.103. The number of ketones is 1. The Morgan fingerprint density at radius 1 is 0.696 bits per heavy atom. The second-order valence-electron chi connectivity index (χ2n) is 5.87. The number of aryl methyl sites for hydroxylation is 1. The molecule has 0 saturated heterocycles. The zero-order valence-corrected chi connectivity index (χ0v) is 12.9. The van der Waals surface area contributed by atoms with Crippen LogP contribution in [-0.2, 0) is 0 Å². The topological polar surface area (TPSA) is 17.1 Å². The minimum Gasteiger partial charge on any atom is -0.289 e. The zero-order valence-electron chi connectivity index (χ0n) is 12.9. The van der Waals surface area contributed by atoms with Gasteiger partial charge in [0.2, 0.25) is 0 Å². The molecule has 0 aliphatic rings. The number of carbonyl (C=O) groups is 1. The van der Waals surface area contributed by atoms with Crippen LogP contribution in [0.15, 0.2) is 78.9 Å². The predicted molar refractivity (Wildman–Crippen MR) is 96.1 cm³/mol. The molecule has 23 heavy (non-hydrogen) atoms. The van der Waals surface area contributed by atoms with Crippen molar-refractivity contribution in [1.29, 1.82) is 0 Å². The Balaban J connectivity index is 1.93. The number of benzene rings is 4. The summed E-state index contributed by atoms with van der Waals surface area (Å²) in [6, 6.07) is 26.2. The van der Waals surface area contributed by atoms with Gasteiger partial charge in [0.25, 0.3) is 0 Å². The highest BCUT2D eigenvalue weighted by molar-refractivity contribution is 6.14. The summed E-state index contributed by atoms with van der Waals surface area (Å²) >= 11 is 0. The third-order valence-corrected chi connectivity index (χ3v) is 4.40. The fourth-order valence-electron chi connectivity index (χ4n) is 3.13. The van der Waals surface area contributed by atoms with Crippen molar-refractivity contribution in [2.45, 2.75) is 6.92 Å². The average molecular weight is 296 g/mol. The van der Waals surface area contributed by atoms with E-state index in [1.54, 1.807) is 0 Å². The zero-order chi connectivity index (χ0) is 15.8. The highest BCUT2D eigenvalue weighted by atomic mass is 16.1. The van der Waals surface area contributed by atoms with Crippen molar-refractivity contribution < 1.29 is 4.79 Å². The first-order valence-corrected chi connectivity index (χ1v) is 7.76. The molecule has 0 saturated carbocycles. The van der Waals surface area contributed by atoms with Crippen LogP contribution in [0.1, 0.15) is 21.5 Å². The molecule has 0 aromatic heterocycles. The van der Waals surface area contributed by atoms with E-state index in [0.29, 0.717) is 0 Å². The molecule has 4 aromatic carbocycles. The Labute approximate surface area is 135 Å². The monoisotopic (exact) mass is 296 g/mol. The van der Waals surface area contributed by atoms with E-state index in [0.717, 1.165) is 27.5 Å². The SMILES string of the molecule is Cc1ccccc1C(=O)c1ccc2ccc3ccccc3c2c1. The van der Waals surface area contributed by atoms with Crippen LogP contribution in [0.2, 0.25) is 0 Å². The maximum atomic E-state index is 12.8. The highest BCUT2D eigenvalue weighted by Gasteiger charge is 2.12. The van der Waals surface area contributed by atoms with Gasteiger partial charge in [-0.15, -0.1) is 0 Å². The lowest BCUT2D eigenvalue weighted by atomic mass is 9.95. The van der Waals surface area contributed by atoms with Gasteiger partial charge in [0.05, 0.1) is 0 Å². The van der Waals surface area contributed by atoms with Crippen molar-refractivity contribution in [2.75, 3.05) is 0 Å². The molecule has 110 valence electrons. The van der Waals surface area contributed by atoms with Crippen LogP contribution in [0.4, 0.5) is 0 Å². The molecule has 0 spiro atoms. The van der Waals surface area contributed by atoms with Gasteiger partial charge < -0.3 is 0 Å². The molecule has 0 radical (unpaired) electrons. The van der Waals surface area contributed by atoms with Gasteiger partial charge in [-0.1, -0.05) is 72.8 Å². The number of hydrogen-bond acceptors (Lipinski definition) is 1. The quantitative estimate of drug-likeness (QED) is 0.351. The first kappa shape index (κ1) is 13.7. The van der Waals surface area contributed by atoms with E-state index in [2.05, 4.69) is 24.3 Å². The fraction of sp³-hybridized carbons (Fsp3) is 0.0455. The number of fused-ring (bicyclic) bond motifs is 3. The van der Waals surface area contributed by atoms with Crippen molar-refractivity contribution in [3.05, 3.63) is 95.6 Å². The van der Waals surface area contributed by atoms with Gasteiger partial charge in [-0.25, -0.2) is 0 Å². The van der Waals surface area contributed by atoms with Gasteiger partial charge in [-0.05, 0) is 40.1 Å². The predicted octanol–water partition coefficient (Wildman–Crippen LogP) is 5.53. The summed E-state index contributed by atoms with van der Waals surface area (Å²) in [6.45, 7) is 1.98. The van der Waals surface area contributed by atoms with Crippen molar-refractivity contribution in [3.8, 4) is 0 Å². The Morgan fingerprint density at radius 2 is 1.35 bits per heavy atom. The molecule has 0 heterocycles. The average Bonchev–Trinajstić information content (AvgIpc) is 2.61. The molecule has 1 heteroatoms. The summed E-state index contributed by atoms with van der Waals surface area (Å²) in [5.74, 6) is 0.0814. The molecule has 0 N–H and O–H groups in total. The second-order valence-corrected chi connectivity index (χ2v) is 5.87. The molecule has 0 aliphatic carbocycles. The number of hydrogen-bond donors (Lipinski definition) is 0. The second kappa shape index (κ2) is 5.36. The molecule has 0 aliphatic heterocycles. The third-order valence-electron chi connectivity index (χ3n) is 4.40. The smallest absolute Gasteiger partial charge is 0.193 e. The van der Waals surface area contributed by atoms with Crippen LogP contribution in [-0.4, -0.2) is 5.78 Å². The first-order chi connectivity index (χ1) is 11.2. The standard InChI is InChI=1S/C22H16O/c1-15-6-2-4-8-19(15)22(23)18-13-12-17-11-10-16-7-3-5-9-20(16)21(17)14-18/h2-14H,1H3. The van der Waals surface area contributed by atoms with Crippen LogP contribution in [0.3, 0.4) is 0 Å². The van der Waals surface area contributed by atoms with Gasteiger partial charge in [0.1, 0.15) is 0 Å². The molecule has 1 nitrogen and oxygen atoms in total. The van der Waals surface area contributed by atoms with Crippen molar-refractivity contribution in [3.63, 3.8) is 0 Å². The summed E-state index contributed by atoms with van der Waals surface area (Å²) in [6.07, 6.45) is 0. The number of rotatable bonds is 2. The third kappa shape index (κ3) is 2.31. The Kier molecular flexibility index (Phi) is 3.20. The van der Waals surface area contributed by atoms with Crippen LogP contribution < -0.4 is 0 Å². The fourth-order valence-corrected chi connectivity index (χ4v) is 3.13. The van der Waals surface area contributed by atoms with Crippen molar-refractivity contribution in [1.82, 2.24) is 0 Å². The van der Waals surface area contributed by atoms with E-state index in [1.807, 2.05) is 61.5 Å². The number of carbonyl (C=O) groups excluding carboxylic acids is 1. The molecule has 0 bridgehead atoms. The maximum Gasteiger partial charge on any atom is 0.193 e. The Morgan fingerprint density at radius 3 is 2.17 bits per heavy atom. The minimum absolute atomic E-state index is 0.0814. The summed E-state index contributed by atoms with van der Waals surface area (Å²) in [5, 5.41) is 4.66. The first-order valence-electron chi connectivity index (χ1n) is 7.76. The summed E-state index contributed by atoms with van der Waals surface area (Å²) in [5.41, 5.74) is 2.52. The van der Waals surface area contributed by atoms with Gasteiger partial charge in [0.15, 0.2) is 5.78 Å². The molecule has 0 unspecified atom stereocenters. The molecular formula is C22H16O. The van der Waals surface area contributed by atoms with Crippen molar-refractivity contribution >= 4 is 27.3 Å². The van der Waals surface area contributed by atoms with Crippen LogP contribution in [0, 0.1) is 6.92 Å². The Hall–Kier alpha value is -2.93. The lowest BCUT2D eigenvalue weighted by Gasteiger charge is -2.08. The van der Waals surface area contributed by atoms with E-state index < -0.39 is 0 Å². The highest BCUT2D eigenvalue weighted by Crippen LogP contribution is 2.27. The van der Waals surface area contributed by atoms with E-state index in [4.69, 9.17) is 0 Å². The molecule has 0 amide bonds. The molecule has 4 aromatic rings. The van der Waals surface area contributed by atoms with E-state index >= 15 is 0 Å². The molecule has 4 rings (SSSR count). The van der Waals surface area contributed by atoms with E-state index in [-0.39, 0.29) is 5.78 Å². The summed E-state index contributed by atoms with van der Waals surface area (Å²) < 4.78 is 0. The normalized spacial score (nSPS) is 11.0. The van der Waals surface area contributed by atoms with Gasteiger partial charge in [0, 0.05) is 11.1 Å². The largest absolute Gasteiger partial charge is 0.289 e. The lowest BCUT2D eigenvalue weighted by Crippen LogP contribution is -2.03. The van der Waals surface area contributed by atoms with Crippen molar-refractivity contribution in [2.24, 2.45) is 0 Å². The van der Waals surface area contributed by atoms with Gasteiger partial charge in [-0.3, -0.25) is 4.79 Å². The summed E-state index contributed by atoms with van der Waals surface area (Å²) in [7, 11) is 0. The molecule has 0 fully saturated rings. The maximum absolute atomic E-state index is 12.8. The Bertz CT molecular complexity index is 1040. The minimum atomic E-state index is 0.0814. The molecular weight excluding hydrogens is 280 g/mol. The van der Waals surface area contributed by atoms with E-state index in [9.17, 15) is 4.79 Å². The van der Waals surface area contributed by atoms with Gasteiger partial charge in [-0.2, -0.15) is 0 Å². The van der Waals surface area contributed by atoms with Crippen LogP contribution in [0.5, 0.6) is 0 Å². The summed E-state index contributed by atoms with van der Waals surface area (Å²) in [4.78, 5) is 12.8. The molecule has 0 atom stereocenters. The van der Waals surface area contributed by atoms with E-state index in [1.165, 1.54) is 10.8 Å². The van der Waals surface area contributed by atoms with Crippen LogP contribution >= 0.6 is 0 Å². The van der Waals surface area contributed by atoms with Gasteiger partial charge >= 0.3 is 0 Å². The van der Waals surface area contributed by atoms with Crippen LogP contribution in [0.25, 0.3) is 21.5 Å².